The van der Waals surface area contributed by atoms with Crippen LogP contribution in [0.1, 0.15) is 12.5 Å². The van der Waals surface area contributed by atoms with Crippen molar-refractivity contribution in [3.05, 3.63) is 29.8 Å². The first-order valence-corrected chi connectivity index (χ1v) is 5.24. The molecular weight excluding hydrogens is 222 g/mol. The quantitative estimate of drug-likeness (QED) is 0.473. The van der Waals surface area contributed by atoms with Crippen LogP contribution in [-0.4, -0.2) is 17.9 Å². The zero-order valence-electron chi connectivity index (χ0n) is 9.36. The summed E-state index contributed by atoms with van der Waals surface area (Å²) in [6, 6.07) is 7.84. The molecular formula is C11H15N3OS. The molecule has 0 bridgehead atoms. The first kappa shape index (κ1) is 12.4. The van der Waals surface area contributed by atoms with Crippen LogP contribution in [0.5, 0.6) is 5.75 Å². The molecule has 0 aromatic heterocycles. The minimum atomic E-state index is 0.175. The zero-order chi connectivity index (χ0) is 12.0. The Labute approximate surface area is 100 Å². The second kappa shape index (κ2) is 6.07. The molecule has 0 fully saturated rings. The summed E-state index contributed by atoms with van der Waals surface area (Å²) in [5, 5.41) is 4.21. The van der Waals surface area contributed by atoms with E-state index in [1.54, 1.807) is 7.11 Å². The number of ether oxygens (including phenoxy) is 1. The summed E-state index contributed by atoms with van der Waals surface area (Å²) in [4.78, 5) is 0. The third kappa shape index (κ3) is 4.27. The van der Waals surface area contributed by atoms with Crippen molar-refractivity contribution >= 4 is 23.0 Å². The number of hydrogen-bond donors (Lipinski definition) is 2. The lowest BCUT2D eigenvalue weighted by Crippen LogP contribution is -2.25. The number of nitrogens with two attached hydrogens (primary N) is 1. The largest absolute Gasteiger partial charge is 0.497 e. The molecule has 0 aliphatic carbocycles. The van der Waals surface area contributed by atoms with E-state index in [1.165, 1.54) is 0 Å². The molecule has 0 unspecified atom stereocenters. The number of nitrogens with zero attached hydrogens (tertiary/aromatic N) is 1. The Hall–Kier alpha value is -1.62. The van der Waals surface area contributed by atoms with Gasteiger partial charge in [0, 0.05) is 12.1 Å². The Kier molecular flexibility index (Phi) is 4.72. The maximum Gasteiger partial charge on any atom is 0.184 e. The van der Waals surface area contributed by atoms with Gasteiger partial charge in [-0.05, 0) is 36.8 Å². The Morgan fingerprint density at radius 3 is 2.56 bits per heavy atom. The fourth-order valence-electron chi connectivity index (χ4n) is 1.23. The minimum Gasteiger partial charge on any atom is -0.497 e. The van der Waals surface area contributed by atoms with Gasteiger partial charge in [-0.1, -0.05) is 12.1 Å². The third-order valence-electron chi connectivity index (χ3n) is 1.98. The maximum absolute atomic E-state index is 5.27. The van der Waals surface area contributed by atoms with Gasteiger partial charge in [0.15, 0.2) is 5.11 Å². The summed E-state index contributed by atoms with van der Waals surface area (Å²) in [5.74, 6) is 0.847. The van der Waals surface area contributed by atoms with E-state index in [-0.39, 0.29) is 5.11 Å². The highest BCUT2D eigenvalue weighted by molar-refractivity contribution is 7.80. The summed E-state index contributed by atoms with van der Waals surface area (Å²) in [6.45, 7) is 1.91. The van der Waals surface area contributed by atoms with E-state index >= 15 is 0 Å². The van der Waals surface area contributed by atoms with Crippen LogP contribution < -0.4 is 15.9 Å². The number of rotatable bonds is 4. The molecule has 86 valence electrons. The second-order valence-electron chi connectivity index (χ2n) is 3.35. The van der Waals surface area contributed by atoms with Gasteiger partial charge in [-0.3, -0.25) is 5.43 Å². The summed E-state index contributed by atoms with van der Waals surface area (Å²) in [7, 11) is 1.65. The fraction of sp³-hybridized carbons (Fsp3) is 0.273. The fourth-order valence-corrected chi connectivity index (χ4v) is 1.27. The number of thiocarbonyl (C=S) groups is 1. The summed E-state index contributed by atoms with van der Waals surface area (Å²) < 4.78 is 5.08. The Bertz CT molecular complexity index is 387. The van der Waals surface area contributed by atoms with Gasteiger partial charge in [-0.15, -0.1) is 0 Å². The summed E-state index contributed by atoms with van der Waals surface area (Å²) in [5.41, 5.74) is 9.90. The summed E-state index contributed by atoms with van der Waals surface area (Å²) >= 11 is 4.65. The Morgan fingerprint density at radius 1 is 1.44 bits per heavy atom. The number of hydrogen-bond acceptors (Lipinski definition) is 3. The summed E-state index contributed by atoms with van der Waals surface area (Å²) in [6.07, 6.45) is 0.750. The highest BCUT2D eigenvalue weighted by Gasteiger charge is 1.97. The lowest BCUT2D eigenvalue weighted by Gasteiger charge is -2.03. The topological polar surface area (TPSA) is 59.6 Å². The Morgan fingerprint density at radius 2 is 2.06 bits per heavy atom. The number of benzene rings is 1. The number of nitrogens with one attached hydrogen (secondary N) is 1. The smallest absolute Gasteiger partial charge is 0.184 e. The molecule has 1 rings (SSSR count). The van der Waals surface area contributed by atoms with Crippen molar-refractivity contribution in [1.29, 1.82) is 0 Å². The van der Waals surface area contributed by atoms with Crippen molar-refractivity contribution in [2.24, 2.45) is 10.8 Å². The Balaban J connectivity index is 2.58. The zero-order valence-corrected chi connectivity index (χ0v) is 10.2. The molecule has 5 heteroatoms. The molecule has 0 aliphatic heterocycles. The van der Waals surface area contributed by atoms with Gasteiger partial charge in [-0.25, -0.2) is 0 Å². The molecule has 0 spiro atoms. The van der Waals surface area contributed by atoms with Crippen molar-refractivity contribution in [1.82, 2.24) is 5.43 Å². The predicted octanol–water partition coefficient (Wildman–Crippen LogP) is 1.45. The minimum absolute atomic E-state index is 0.175. The molecule has 0 amide bonds. The lowest BCUT2D eigenvalue weighted by atomic mass is 10.1. The van der Waals surface area contributed by atoms with Crippen LogP contribution >= 0.6 is 12.2 Å². The van der Waals surface area contributed by atoms with Crippen LogP contribution in [0.25, 0.3) is 0 Å². The molecule has 16 heavy (non-hydrogen) atoms. The van der Waals surface area contributed by atoms with Crippen LogP contribution in [0.3, 0.4) is 0 Å². The van der Waals surface area contributed by atoms with Gasteiger partial charge in [0.2, 0.25) is 0 Å². The van der Waals surface area contributed by atoms with Crippen molar-refractivity contribution in [2.75, 3.05) is 7.11 Å². The van der Waals surface area contributed by atoms with E-state index in [4.69, 9.17) is 10.5 Å². The third-order valence-corrected chi connectivity index (χ3v) is 2.07. The van der Waals surface area contributed by atoms with Crippen molar-refractivity contribution in [3.63, 3.8) is 0 Å². The number of methoxy groups -OCH3 is 1. The molecule has 0 saturated carbocycles. The van der Waals surface area contributed by atoms with Gasteiger partial charge in [0.25, 0.3) is 0 Å². The predicted molar refractivity (Wildman–Crippen MR) is 69.7 cm³/mol. The molecule has 3 N–H and O–H groups in total. The van der Waals surface area contributed by atoms with Gasteiger partial charge in [0.05, 0.1) is 7.11 Å². The van der Waals surface area contributed by atoms with Crippen LogP contribution in [0.15, 0.2) is 29.4 Å². The molecule has 1 aromatic rings. The van der Waals surface area contributed by atoms with E-state index in [9.17, 15) is 0 Å². The monoisotopic (exact) mass is 237 g/mol. The van der Waals surface area contributed by atoms with E-state index in [1.807, 2.05) is 31.2 Å². The van der Waals surface area contributed by atoms with Crippen molar-refractivity contribution in [2.45, 2.75) is 13.3 Å². The first-order chi connectivity index (χ1) is 7.61. The highest BCUT2D eigenvalue weighted by atomic mass is 32.1. The van der Waals surface area contributed by atoms with Crippen LogP contribution in [0.4, 0.5) is 0 Å². The molecule has 0 atom stereocenters. The normalized spacial score (nSPS) is 11.0. The van der Waals surface area contributed by atoms with Gasteiger partial charge >= 0.3 is 0 Å². The first-order valence-electron chi connectivity index (χ1n) is 4.83. The average molecular weight is 237 g/mol. The van der Waals surface area contributed by atoms with E-state index in [0.29, 0.717) is 0 Å². The molecule has 0 saturated heterocycles. The molecule has 0 radical (unpaired) electrons. The lowest BCUT2D eigenvalue weighted by molar-refractivity contribution is 0.414. The van der Waals surface area contributed by atoms with Gasteiger partial charge < -0.3 is 10.5 Å². The molecule has 4 nitrogen and oxygen atoms in total. The standard InChI is InChI=1S/C11H15N3OS/c1-8(13-14-11(12)16)7-9-3-5-10(15-2)6-4-9/h3-6H,7H2,1-2H3,(H3,12,14,16)/b13-8-. The van der Waals surface area contributed by atoms with Crippen molar-refractivity contribution in [3.8, 4) is 5.75 Å². The molecule has 1 aromatic carbocycles. The van der Waals surface area contributed by atoms with E-state index in [2.05, 4.69) is 22.7 Å². The average Bonchev–Trinajstić information content (AvgIpc) is 2.27. The highest BCUT2D eigenvalue weighted by Crippen LogP contribution is 2.11. The van der Waals surface area contributed by atoms with E-state index in [0.717, 1.165) is 23.4 Å². The van der Waals surface area contributed by atoms with Crippen LogP contribution in [0, 0.1) is 0 Å². The maximum atomic E-state index is 5.27. The number of hydrazone groups is 1. The van der Waals surface area contributed by atoms with E-state index < -0.39 is 0 Å². The van der Waals surface area contributed by atoms with Crippen LogP contribution in [0.2, 0.25) is 0 Å². The SMILES string of the molecule is COc1ccc(C/C(C)=N\NC(N)=S)cc1. The van der Waals surface area contributed by atoms with Gasteiger partial charge in [-0.2, -0.15) is 5.10 Å². The van der Waals surface area contributed by atoms with Crippen LogP contribution in [-0.2, 0) is 6.42 Å². The molecule has 0 heterocycles. The second-order valence-corrected chi connectivity index (χ2v) is 3.79. The van der Waals surface area contributed by atoms with Crippen molar-refractivity contribution < 1.29 is 4.74 Å². The van der Waals surface area contributed by atoms with Gasteiger partial charge in [0.1, 0.15) is 5.75 Å². The molecule has 0 aliphatic rings.